The van der Waals surface area contributed by atoms with Crippen LogP contribution in [-0.2, 0) is 16.1 Å². The number of methoxy groups -OCH3 is 1. The van der Waals surface area contributed by atoms with Crippen molar-refractivity contribution in [1.29, 1.82) is 0 Å². The van der Waals surface area contributed by atoms with Crippen molar-refractivity contribution in [2.75, 3.05) is 12.4 Å². The fourth-order valence-electron chi connectivity index (χ4n) is 2.32. The van der Waals surface area contributed by atoms with E-state index in [9.17, 15) is 14.4 Å². The maximum atomic E-state index is 12.2. The molecule has 0 atom stereocenters. The number of anilines is 1. The average molecular weight is 342 g/mol. The maximum absolute atomic E-state index is 12.2. The Morgan fingerprint density at radius 2 is 1.83 bits per heavy atom. The molecule has 0 saturated carbocycles. The van der Waals surface area contributed by atoms with E-state index < -0.39 is 5.97 Å². The number of thiazole rings is 1. The number of benzene rings is 2. The molecule has 7 heteroatoms. The number of hydrogen-bond donors (Lipinski definition) is 1. The summed E-state index contributed by atoms with van der Waals surface area (Å²) in [5.41, 5.74) is 1.68. The zero-order valence-electron chi connectivity index (χ0n) is 12.8. The van der Waals surface area contributed by atoms with Crippen molar-refractivity contribution in [3.63, 3.8) is 0 Å². The number of fused-ring (bicyclic) bond motifs is 1. The van der Waals surface area contributed by atoms with E-state index in [0.717, 1.165) is 21.6 Å². The molecule has 0 fully saturated rings. The van der Waals surface area contributed by atoms with Crippen LogP contribution in [0.2, 0.25) is 0 Å². The number of carbonyl (C=O) groups excluding carboxylic acids is 2. The molecule has 0 radical (unpaired) electrons. The number of hydrogen-bond acceptors (Lipinski definition) is 5. The lowest BCUT2D eigenvalue weighted by molar-refractivity contribution is -0.116. The first kappa shape index (κ1) is 15.9. The molecule has 3 rings (SSSR count). The molecule has 0 unspecified atom stereocenters. The van der Waals surface area contributed by atoms with Crippen LogP contribution in [0.25, 0.3) is 10.2 Å². The Kier molecular flexibility index (Phi) is 4.43. The highest BCUT2D eigenvalue weighted by Gasteiger charge is 2.11. The number of ether oxygens (including phenoxy) is 1. The summed E-state index contributed by atoms with van der Waals surface area (Å²) in [6, 6.07) is 13.7. The number of esters is 1. The molecular formula is C17H14N2O4S. The van der Waals surface area contributed by atoms with Gasteiger partial charge in [0.05, 0.1) is 22.9 Å². The molecule has 6 nitrogen and oxygen atoms in total. The van der Waals surface area contributed by atoms with Crippen molar-refractivity contribution in [2.24, 2.45) is 0 Å². The van der Waals surface area contributed by atoms with E-state index in [1.807, 2.05) is 24.3 Å². The number of nitrogens with zero attached hydrogens (tertiary/aromatic N) is 1. The molecule has 0 spiro atoms. The molecule has 0 bridgehead atoms. The van der Waals surface area contributed by atoms with E-state index in [1.54, 1.807) is 24.3 Å². The van der Waals surface area contributed by atoms with Gasteiger partial charge >= 0.3 is 10.8 Å². The van der Waals surface area contributed by atoms with Gasteiger partial charge in [-0.1, -0.05) is 23.5 Å². The fourth-order valence-corrected chi connectivity index (χ4v) is 3.21. The van der Waals surface area contributed by atoms with Crippen LogP contribution in [0.15, 0.2) is 53.3 Å². The van der Waals surface area contributed by atoms with Gasteiger partial charge in [0.25, 0.3) is 0 Å². The van der Waals surface area contributed by atoms with Gasteiger partial charge in [-0.15, -0.1) is 0 Å². The van der Waals surface area contributed by atoms with E-state index in [1.165, 1.54) is 11.7 Å². The molecule has 1 heterocycles. The SMILES string of the molecule is COC(=O)c1ccc(NC(=O)Cn2c(=O)sc3ccccc32)cc1. The van der Waals surface area contributed by atoms with Crippen molar-refractivity contribution in [1.82, 2.24) is 4.57 Å². The van der Waals surface area contributed by atoms with Gasteiger partial charge < -0.3 is 10.1 Å². The van der Waals surface area contributed by atoms with Gasteiger partial charge in [-0.25, -0.2) is 4.79 Å². The van der Waals surface area contributed by atoms with E-state index in [-0.39, 0.29) is 17.3 Å². The fraction of sp³-hybridized carbons (Fsp3) is 0.118. The van der Waals surface area contributed by atoms with Crippen LogP contribution in [0.3, 0.4) is 0 Å². The van der Waals surface area contributed by atoms with E-state index in [4.69, 9.17) is 0 Å². The summed E-state index contributed by atoms with van der Waals surface area (Å²) in [5, 5.41) is 2.71. The molecule has 1 aromatic heterocycles. The zero-order valence-corrected chi connectivity index (χ0v) is 13.6. The Morgan fingerprint density at radius 3 is 2.54 bits per heavy atom. The predicted octanol–water partition coefficient (Wildman–Crippen LogP) is 2.49. The molecule has 122 valence electrons. The van der Waals surface area contributed by atoms with E-state index in [0.29, 0.717) is 11.3 Å². The first-order chi connectivity index (χ1) is 11.6. The summed E-state index contributed by atoms with van der Waals surface area (Å²) < 4.78 is 6.91. The van der Waals surface area contributed by atoms with Crippen LogP contribution in [0, 0.1) is 0 Å². The van der Waals surface area contributed by atoms with Crippen molar-refractivity contribution in [3.05, 3.63) is 63.8 Å². The van der Waals surface area contributed by atoms with Crippen LogP contribution in [0.1, 0.15) is 10.4 Å². The number of nitrogens with one attached hydrogen (secondary N) is 1. The number of para-hydroxylation sites is 1. The second-order valence-electron chi connectivity index (χ2n) is 5.04. The summed E-state index contributed by atoms with van der Waals surface area (Å²) in [6.45, 7) is -0.0679. The summed E-state index contributed by atoms with van der Waals surface area (Å²) in [7, 11) is 1.31. The second kappa shape index (κ2) is 6.67. The third kappa shape index (κ3) is 3.21. The Morgan fingerprint density at radius 1 is 1.12 bits per heavy atom. The summed E-state index contributed by atoms with van der Waals surface area (Å²) >= 11 is 1.11. The Bertz CT molecular complexity index is 957. The summed E-state index contributed by atoms with van der Waals surface area (Å²) in [6.07, 6.45) is 0. The van der Waals surface area contributed by atoms with Crippen LogP contribution in [0.5, 0.6) is 0 Å². The third-order valence-electron chi connectivity index (χ3n) is 3.47. The second-order valence-corrected chi connectivity index (χ2v) is 6.03. The zero-order chi connectivity index (χ0) is 17.1. The van der Waals surface area contributed by atoms with E-state index >= 15 is 0 Å². The molecule has 0 aliphatic carbocycles. The topological polar surface area (TPSA) is 77.4 Å². The number of amides is 1. The molecule has 24 heavy (non-hydrogen) atoms. The number of aromatic nitrogens is 1. The quantitative estimate of drug-likeness (QED) is 0.739. The Balaban J connectivity index is 1.74. The standard InChI is InChI=1S/C17H14N2O4S/c1-23-16(21)11-6-8-12(9-7-11)18-15(20)10-19-13-4-2-3-5-14(13)24-17(19)22/h2-9H,10H2,1H3,(H,18,20). The van der Waals surface area contributed by atoms with Gasteiger partial charge in [0.2, 0.25) is 5.91 Å². The van der Waals surface area contributed by atoms with E-state index in [2.05, 4.69) is 10.1 Å². The normalized spacial score (nSPS) is 10.5. The highest BCUT2D eigenvalue weighted by molar-refractivity contribution is 7.16. The minimum atomic E-state index is -0.441. The maximum Gasteiger partial charge on any atom is 0.337 e. The summed E-state index contributed by atoms with van der Waals surface area (Å²) in [5.74, 6) is -0.754. The summed E-state index contributed by atoms with van der Waals surface area (Å²) in [4.78, 5) is 35.4. The largest absolute Gasteiger partial charge is 0.465 e. The lowest BCUT2D eigenvalue weighted by Gasteiger charge is -2.07. The van der Waals surface area contributed by atoms with Crippen LogP contribution >= 0.6 is 11.3 Å². The average Bonchev–Trinajstić information content (AvgIpc) is 2.90. The van der Waals surface area contributed by atoms with Crippen LogP contribution in [0.4, 0.5) is 5.69 Å². The van der Waals surface area contributed by atoms with Gasteiger partial charge in [-0.2, -0.15) is 0 Å². The molecule has 1 N–H and O–H groups in total. The van der Waals surface area contributed by atoms with Gasteiger partial charge in [0.15, 0.2) is 0 Å². The minimum absolute atomic E-state index is 0.0679. The first-order valence-corrected chi connectivity index (χ1v) is 7.97. The third-order valence-corrected chi connectivity index (χ3v) is 4.43. The van der Waals surface area contributed by atoms with Gasteiger partial charge in [-0.05, 0) is 36.4 Å². The molecule has 3 aromatic rings. The van der Waals surface area contributed by atoms with Crippen LogP contribution < -0.4 is 10.2 Å². The van der Waals surface area contributed by atoms with Crippen molar-refractivity contribution in [2.45, 2.75) is 6.54 Å². The van der Waals surface area contributed by atoms with Crippen molar-refractivity contribution < 1.29 is 14.3 Å². The molecule has 0 aliphatic heterocycles. The molecule has 1 amide bonds. The first-order valence-electron chi connectivity index (χ1n) is 7.15. The molecule has 0 saturated heterocycles. The van der Waals surface area contributed by atoms with Gasteiger partial charge in [0.1, 0.15) is 6.54 Å². The van der Waals surface area contributed by atoms with Crippen molar-refractivity contribution >= 4 is 39.1 Å². The Hall–Kier alpha value is -2.93. The molecular weight excluding hydrogens is 328 g/mol. The lowest BCUT2D eigenvalue weighted by Crippen LogP contribution is -2.24. The van der Waals surface area contributed by atoms with Gasteiger partial charge in [-0.3, -0.25) is 14.2 Å². The molecule has 0 aliphatic rings. The lowest BCUT2D eigenvalue weighted by atomic mass is 10.2. The highest BCUT2D eigenvalue weighted by Crippen LogP contribution is 2.16. The van der Waals surface area contributed by atoms with Gasteiger partial charge in [0, 0.05) is 5.69 Å². The van der Waals surface area contributed by atoms with Crippen LogP contribution in [-0.4, -0.2) is 23.6 Å². The monoisotopic (exact) mass is 342 g/mol. The Labute approximate surface area is 141 Å². The minimum Gasteiger partial charge on any atom is -0.465 e. The van der Waals surface area contributed by atoms with Crippen molar-refractivity contribution in [3.8, 4) is 0 Å². The molecule has 2 aromatic carbocycles. The predicted molar refractivity (Wildman–Crippen MR) is 92.5 cm³/mol. The smallest absolute Gasteiger partial charge is 0.337 e. The number of carbonyl (C=O) groups is 2. The number of rotatable bonds is 4. The highest BCUT2D eigenvalue weighted by atomic mass is 32.1.